The van der Waals surface area contributed by atoms with Crippen molar-refractivity contribution in [1.29, 1.82) is 0 Å². The molecule has 1 aromatic carbocycles. The number of benzene rings is 1. The van der Waals surface area contributed by atoms with Gasteiger partial charge in [0.15, 0.2) is 0 Å². The van der Waals surface area contributed by atoms with Crippen LogP contribution in [0.2, 0.25) is 0 Å². The topological polar surface area (TPSA) is 30.5 Å². The van der Waals surface area contributed by atoms with Crippen LogP contribution in [0.25, 0.3) is 0 Å². The van der Waals surface area contributed by atoms with Gasteiger partial charge in [0.2, 0.25) is 0 Å². The number of halogens is 1. The maximum atomic E-state index is 5.57. The van der Waals surface area contributed by atoms with Crippen molar-refractivity contribution in [3.63, 3.8) is 0 Å². The highest BCUT2D eigenvalue weighted by Gasteiger charge is 2.25. The molecule has 0 aliphatic heterocycles. The van der Waals surface area contributed by atoms with Crippen LogP contribution in [0.15, 0.2) is 16.6 Å². The molecule has 0 heterocycles. The molecule has 0 saturated heterocycles. The van der Waals surface area contributed by atoms with Gasteiger partial charge in [0, 0.05) is 11.6 Å². The molecule has 106 valence electrons. The molecule has 1 aliphatic rings. The van der Waals surface area contributed by atoms with Gasteiger partial charge < -0.3 is 14.8 Å². The van der Waals surface area contributed by atoms with Gasteiger partial charge in [0.25, 0.3) is 0 Å². The summed E-state index contributed by atoms with van der Waals surface area (Å²) in [4.78, 5) is 0. The van der Waals surface area contributed by atoms with Gasteiger partial charge >= 0.3 is 0 Å². The minimum atomic E-state index is 0.336. The van der Waals surface area contributed by atoms with Crippen molar-refractivity contribution in [3.8, 4) is 11.5 Å². The molecule has 0 spiro atoms. The smallest absolute Gasteiger partial charge is 0.141 e. The van der Waals surface area contributed by atoms with E-state index in [9.17, 15) is 0 Å². The van der Waals surface area contributed by atoms with Crippen molar-refractivity contribution >= 4 is 15.9 Å². The molecule has 1 aliphatic carbocycles. The fraction of sp³-hybridized carbons (Fsp3) is 0.600. The van der Waals surface area contributed by atoms with Crippen molar-refractivity contribution in [2.24, 2.45) is 5.92 Å². The van der Waals surface area contributed by atoms with Crippen LogP contribution in [-0.2, 0) is 0 Å². The maximum absolute atomic E-state index is 5.57. The third-order valence-corrected chi connectivity index (χ3v) is 4.78. The second kappa shape index (κ2) is 6.62. The second-order valence-corrected chi connectivity index (χ2v) is 5.87. The summed E-state index contributed by atoms with van der Waals surface area (Å²) in [7, 11) is 5.39. The van der Waals surface area contributed by atoms with Crippen LogP contribution < -0.4 is 14.8 Å². The van der Waals surface area contributed by atoms with Crippen LogP contribution >= 0.6 is 15.9 Å². The lowest BCUT2D eigenvalue weighted by Gasteiger charge is -2.30. The predicted molar refractivity (Wildman–Crippen MR) is 81.0 cm³/mol. The Hall–Kier alpha value is -0.740. The number of rotatable bonds is 6. The van der Waals surface area contributed by atoms with Gasteiger partial charge in [-0.05, 0) is 47.4 Å². The maximum Gasteiger partial charge on any atom is 0.141 e. The Labute approximate surface area is 123 Å². The molecular formula is C15H22BrNO2. The van der Waals surface area contributed by atoms with Gasteiger partial charge in [0.1, 0.15) is 16.0 Å². The first kappa shape index (κ1) is 14.7. The Bertz CT molecular complexity index is 432. The SMILES string of the molecule is CNC(CC1CCC1)c1ccc(OC)c(Br)c1OC. The zero-order valence-corrected chi connectivity index (χ0v) is 13.4. The molecule has 19 heavy (non-hydrogen) atoms. The molecule has 1 aromatic rings. The van der Waals surface area contributed by atoms with Crippen LogP contribution in [0.5, 0.6) is 11.5 Å². The third-order valence-electron chi connectivity index (χ3n) is 4.03. The average molecular weight is 328 g/mol. The summed E-state index contributed by atoms with van der Waals surface area (Å²) in [6.45, 7) is 0. The van der Waals surface area contributed by atoms with Crippen LogP contribution in [0.1, 0.15) is 37.3 Å². The van der Waals surface area contributed by atoms with E-state index in [4.69, 9.17) is 9.47 Å². The first-order chi connectivity index (χ1) is 9.21. The number of ether oxygens (including phenoxy) is 2. The van der Waals surface area contributed by atoms with Crippen molar-refractivity contribution in [1.82, 2.24) is 5.32 Å². The second-order valence-electron chi connectivity index (χ2n) is 5.08. The van der Waals surface area contributed by atoms with E-state index in [0.717, 1.165) is 21.9 Å². The summed E-state index contributed by atoms with van der Waals surface area (Å²) in [5.41, 5.74) is 1.20. The molecule has 4 heteroatoms. The van der Waals surface area contributed by atoms with Crippen LogP contribution in [0.4, 0.5) is 0 Å². The minimum absolute atomic E-state index is 0.336. The van der Waals surface area contributed by atoms with Gasteiger partial charge in [-0.2, -0.15) is 0 Å². The van der Waals surface area contributed by atoms with Gasteiger partial charge in [-0.3, -0.25) is 0 Å². The lowest BCUT2D eigenvalue weighted by molar-refractivity contribution is 0.262. The number of methoxy groups -OCH3 is 2. The summed E-state index contributed by atoms with van der Waals surface area (Å²) >= 11 is 3.57. The Morgan fingerprint density at radius 3 is 2.53 bits per heavy atom. The van der Waals surface area contributed by atoms with Crippen LogP contribution in [0, 0.1) is 5.92 Å². The van der Waals surface area contributed by atoms with Crippen molar-refractivity contribution in [2.75, 3.05) is 21.3 Å². The van der Waals surface area contributed by atoms with Crippen LogP contribution in [-0.4, -0.2) is 21.3 Å². The third kappa shape index (κ3) is 3.06. The van der Waals surface area contributed by atoms with E-state index in [1.165, 1.54) is 31.2 Å². The van der Waals surface area contributed by atoms with Crippen molar-refractivity contribution < 1.29 is 9.47 Å². The normalized spacial score (nSPS) is 16.8. The highest BCUT2D eigenvalue weighted by Crippen LogP contribution is 2.42. The van der Waals surface area contributed by atoms with Crippen molar-refractivity contribution in [2.45, 2.75) is 31.7 Å². The number of hydrogen-bond acceptors (Lipinski definition) is 3. The Balaban J connectivity index is 2.27. The summed E-state index contributed by atoms with van der Waals surface area (Å²) in [6.07, 6.45) is 5.27. The molecule has 2 rings (SSSR count). The Morgan fingerprint density at radius 2 is 2.05 bits per heavy atom. The highest BCUT2D eigenvalue weighted by molar-refractivity contribution is 9.10. The predicted octanol–water partition coefficient (Wildman–Crippen LogP) is 3.92. The monoisotopic (exact) mass is 327 g/mol. The molecule has 1 atom stereocenters. The molecule has 1 fully saturated rings. The van der Waals surface area contributed by atoms with Gasteiger partial charge in [-0.25, -0.2) is 0 Å². The number of nitrogens with one attached hydrogen (secondary N) is 1. The van der Waals surface area contributed by atoms with E-state index >= 15 is 0 Å². The van der Waals surface area contributed by atoms with E-state index in [2.05, 4.69) is 27.3 Å². The Morgan fingerprint density at radius 1 is 1.32 bits per heavy atom. The standard InChI is InChI=1S/C15H22BrNO2/c1-17-12(9-10-5-4-6-10)11-7-8-13(18-2)14(16)15(11)19-3/h7-8,10,12,17H,4-6,9H2,1-3H3. The Kier molecular flexibility index (Phi) is 5.11. The van der Waals surface area contributed by atoms with Gasteiger partial charge in [0.05, 0.1) is 14.2 Å². The summed E-state index contributed by atoms with van der Waals surface area (Å²) in [6, 6.07) is 4.43. The van der Waals surface area contributed by atoms with E-state index in [0.29, 0.717) is 6.04 Å². The zero-order valence-electron chi connectivity index (χ0n) is 11.8. The largest absolute Gasteiger partial charge is 0.495 e. The molecule has 1 unspecified atom stereocenters. The summed E-state index contributed by atoms with van der Waals surface area (Å²) in [5.74, 6) is 2.53. The van der Waals surface area contributed by atoms with Crippen LogP contribution in [0.3, 0.4) is 0 Å². The lowest BCUT2D eigenvalue weighted by Crippen LogP contribution is -2.23. The molecule has 0 aromatic heterocycles. The van der Waals surface area contributed by atoms with E-state index in [1.807, 2.05) is 13.1 Å². The van der Waals surface area contributed by atoms with Crippen molar-refractivity contribution in [3.05, 3.63) is 22.2 Å². The van der Waals surface area contributed by atoms with E-state index in [1.54, 1.807) is 14.2 Å². The molecule has 1 saturated carbocycles. The molecular weight excluding hydrogens is 306 g/mol. The first-order valence-corrected chi connectivity index (χ1v) is 7.58. The number of hydrogen-bond donors (Lipinski definition) is 1. The summed E-state index contributed by atoms with van der Waals surface area (Å²) in [5, 5.41) is 3.42. The molecule has 0 bridgehead atoms. The van der Waals surface area contributed by atoms with E-state index in [-0.39, 0.29) is 0 Å². The molecule has 0 radical (unpaired) electrons. The quantitative estimate of drug-likeness (QED) is 0.859. The van der Waals surface area contributed by atoms with Gasteiger partial charge in [-0.15, -0.1) is 0 Å². The zero-order chi connectivity index (χ0) is 13.8. The molecule has 0 amide bonds. The van der Waals surface area contributed by atoms with E-state index < -0.39 is 0 Å². The molecule has 1 N–H and O–H groups in total. The minimum Gasteiger partial charge on any atom is -0.495 e. The first-order valence-electron chi connectivity index (χ1n) is 6.78. The lowest BCUT2D eigenvalue weighted by atomic mass is 9.79. The fourth-order valence-electron chi connectivity index (χ4n) is 2.65. The summed E-state index contributed by atoms with van der Waals surface area (Å²) < 4.78 is 11.8. The molecule has 3 nitrogen and oxygen atoms in total. The fourth-order valence-corrected chi connectivity index (χ4v) is 3.34. The van der Waals surface area contributed by atoms with Gasteiger partial charge in [-0.1, -0.05) is 19.3 Å². The highest BCUT2D eigenvalue weighted by atomic mass is 79.9. The average Bonchev–Trinajstić information content (AvgIpc) is 2.38.